The fourth-order valence-electron chi connectivity index (χ4n) is 1.23. The quantitative estimate of drug-likeness (QED) is 0.849. The van der Waals surface area contributed by atoms with Gasteiger partial charge in [-0.3, -0.25) is 4.72 Å². The molecule has 0 bridgehead atoms. The third-order valence-electron chi connectivity index (χ3n) is 2.00. The van der Waals surface area contributed by atoms with Crippen LogP contribution < -0.4 is 10.5 Å². The van der Waals surface area contributed by atoms with Gasteiger partial charge in [0.15, 0.2) is 0 Å². The van der Waals surface area contributed by atoms with Crippen LogP contribution in [0.2, 0.25) is 0 Å². The van der Waals surface area contributed by atoms with Crippen LogP contribution in [0.5, 0.6) is 0 Å². The Balaban J connectivity index is 2.33. The van der Waals surface area contributed by atoms with Crippen LogP contribution in [0.4, 0.5) is 11.4 Å². The van der Waals surface area contributed by atoms with Crippen LogP contribution in [0.1, 0.15) is 0 Å². The van der Waals surface area contributed by atoms with Gasteiger partial charge < -0.3 is 5.73 Å². The Kier molecular flexibility index (Phi) is 3.41. The molecule has 90 valence electrons. The molecule has 3 N–H and O–H groups in total. The molecule has 1 aromatic heterocycles. The molecule has 0 saturated carbocycles. The Hall–Kier alpha value is -1.05. The first kappa shape index (κ1) is 12.4. The van der Waals surface area contributed by atoms with E-state index in [1.807, 2.05) is 0 Å². The molecule has 0 amide bonds. The Morgan fingerprint density at radius 2 is 2.06 bits per heavy atom. The molecular weight excluding hydrogens is 324 g/mol. The van der Waals surface area contributed by atoms with Gasteiger partial charge in [0.05, 0.1) is 5.69 Å². The molecule has 0 saturated heterocycles. The third-order valence-corrected chi connectivity index (χ3v) is 5.42. The predicted octanol–water partition coefficient (Wildman–Crippen LogP) is 2.89. The average molecular weight is 333 g/mol. The molecule has 0 fully saturated rings. The largest absolute Gasteiger partial charge is 0.399 e. The van der Waals surface area contributed by atoms with Gasteiger partial charge >= 0.3 is 0 Å². The SMILES string of the molecule is Nc1ccc(NS(=O)(=O)c2cccs2)c(Br)c1. The van der Waals surface area contributed by atoms with E-state index >= 15 is 0 Å². The molecule has 1 heterocycles. The molecule has 7 heteroatoms. The molecule has 0 aliphatic rings. The number of nitrogen functional groups attached to an aromatic ring is 1. The Morgan fingerprint density at radius 1 is 1.29 bits per heavy atom. The Labute approximate surface area is 112 Å². The van der Waals surface area contributed by atoms with Crippen LogP contribution in [0.25, 0.3) is 0 Å². The van der Waals surface area contributed by atoms with Crippen molar-refractivity contribution in [1.29, 1.82) is 0 Å². The van der Waals surface area contributed by atoms with Crippen molar-refractivity contribution in [2.45, 2.75) is 4.21 Å². The van der Waals surface area contributed by atoms with Gasteiger partial charge in [-0.1, -0.05) is 6.07 Å². The van der Waals surface area contributed by atoms with Crippen LogP contribution in [0.3, 0.4) is 0 Å². The van der Waals surface area contributed by atoms with Crippen molar-refractivity contribution in [3.05, 3.63) is 40.2 Å². The fraction of sp³-hybridized carbons (Fsp3) is 0. The number of nitrogens with one attached hydrogen (secondary N) is 1. The number of thiophene rings is 1. The molecule has 17 heavy (non-hydrogen) atoms. The summed E-state index contributed by atoms with van der Waals surface area (Å²) in [6, 6.07) is 8.14. The van der Waals surface area contributed by atoms with Crippen molar-refractivity contribution in [1.82, 2.24) is 0 Å². The first-order chi connectivity index (χ1) is 7.99. The fourth-order valence-corrected chi connectivity index (χ4v) is 3.93. The zero-order chi connectivity index (χ0) is 12.5. The molecule has 0 spiro atoms. The van der Waals surface area contributed by atoms with Crippen molar-refractivity contribution in [3.63, 3.8) is 0 Å². The summed E-state index contributed by atoms with van der Waals surface area (Å²) in [5.74, 6) is 0. The molecular formula is C10H9BrN2O2S2. The standard InChI is InChI=1S/C10H9BrN2O2S2/c11-8-6-7(12)3-4-9(8)13-17(14,15)10-2-1-5-16-10/h1-6,13H,12H2. The van der Waals surface area contributed by atoms with Crippen molar-refractivity contribution in [2.75, 3.05) is 10.5 Å². The molecule has 0 radical (unpaired) electrons. The lowest BCUT2D eigenvalue weighted by Gasteiger charge is -2.08. The van der Waals surface area contributed by atoms with Crippen LogP contribution in [0, 0.1) is 0 Å². The number of nitrogens with two attached hydrogens (primary N) is 1. The second-order valence-corrected chi connectivity index (χ2v) is 6.99. The highest BCUT2D eigenvalue weighted by atomic mass is 79.9. The second kappa shape index (κ2) is 4.67. The Bertz CT molecular complexity index is 624. The first-order valence-corrected chi connectivity index (χ1v) is 7.76. The van der Waals surface area contributed by atoms with Gasteiger partial charge in [-0.05, 0) is 45.6 Å². The maximum absolute atomic E-state index is 11.9. The number of anilines is 2. The summed E-state index contributed by atoms with van der Waals surface area (Å²) >= 11 is 4.43. The van der Waals surface area contributed by atoms with E-state index in [0.717, 1.165) is 0 Å². The third kappa shape index (κ3) is 2.80. The lowest BCUT2D eigenvalue weighted by molar-refractivity contribution is 0.603. The number of sulfonamides is 1. The van der Waals surface area contributed by atoms with Crippen LogP contribution in [0.15, 0.2) is 44.4 Å². The van der Waals surface area contributed by atoms with Gasteiger partial charge in [-0.2, -0.15) is 0 Å². The summed E-state index contributed by atoms with van der Waals surface area (Å²) < 4.78 is 27.3. The van der Waals surface area contributed by atoms with E-state index in [-0.39, 0.29) is 4.21 Å². The van der Waals surface area contributed by atoms with E-state index in [1.165, 1.54) is 11.3 Å². The minimum atomic E-state index is -3.51. The molecule has 0 aliphatic heterocycles. The highest BCUT2D eigenvalue weighted by Gasteiger charge is 2.16. The zero-order valence-electron chi connectivity index (χ0n) is 8.55. The molecule has 0 unspecified atom stereocenters. The smallest absolute Gasteiger partial charge is 0.271 e. The van der Waals surface area contributed by atoms with Gasteiger partial charge in [0.2, 0.25) is 0 Å². The number of hydrogen-bond acceptors (Lipinski definition) is 4. The number of rotatable bonds is 3. The highest BCUT2D eigenvalue weighted by Crippen LogP contribution is 2.28. The Morgan fingerprint density at radius 3 is 2.65 bits per heavy atom. The van der Waals surface area contributed by atoms with Crippen LogP contribution in [-0.4, -0.2) is 8.42 Å². The molecule has 0 atom stereocenters. The summed E-state index contributed by atoms with van der Waals surface area (Å²) in [6.07, 6.45) is 0. The first-order valence-electron chi connectivity index (χ1n) is 4.60. The van der Waals surface area contributed by atoms with E-state index in [4.69, 9.17) is 5.73 Å². The van der Waals surface area contributed by atoms with Gasteiger partial charge in [0, 0.05) is 10.2 Å². The molecule has 2 aromatic rings. The summed E-state index contributed by atoms with van der Waals surface area (Å²) in [4.78, 5) is 0. The van der Waals surface area contributed by atoms with Gasteiger partial charge in [0.25, 0.3) is 10.0 Å². The van der Waals surface area contributed by atoms with E-state index in [1.54, 1.807) is 35.7 Å². The topological polar surface area (TPSA) is 72.2 Å². The van der Waals surface area contributed by atoms with E-state index < -0.39 is 10.0 Å². The van der Waals surface area contributed by atoms with E-state index in [9.17, 15) is 8.42 Å². The van der Waals surface area contributed by atoms with Crippen LogP contribution >= 0.6 is 27.3 Å². The van der Waals surface area contributed by atoms with Crippen LogP contribution in [-0.2, 0) is 10.0 Å². The molecule has 0 aliphatic carbocycles. The lowest BCUT2D eigenvalue weighted by Crippen LogP contribution is -2.11. The van der Waals surface area contributed by atoms with Crippen molar-refractivity contribution >= 4 is 48.7 Å². The lowest BCUT2D eigenvalue weighted by atomic mass is 10.3. The summed E-state index contributed by atoms with van der Waals surface area (Å²) in [7, 11) is -3.51. The average Bonchev–Trinajstić information content (AvgIpc) is 2.76. The minimum Gasteiger partial charge on any atom is -0.399 e. The van der Waals surface area contributed by atoms with E-state index in [0.29, 0.717) is 15.8 Å². The highest BCUT2D eigenvalue weighted by molar-refractivity contribution is 9.10. The van der Waals surface area contributed by atoms with Crippen molar-refractivity contribution in [3.8, 4) is 0 Å². The molecule has 4 nitrogen and oxygen atoms in total. The molecule has 2 rings (SSSR count). The van der Waals surface area contributed by atoms with Crippen molar-refractivity contribution in [2.24, 2.45) is 0 Å². The summed E-state index contributed by atoms with van der Waals surface area (Å²) in [5, 5.41) is 1.71. The summed E-state index contributed by atoms with van der Waals surface area (Å²) in [6.45, 7) is 0. The van der Waals surface area contributed by atoms with Gasteiger partial charge in [0.1, 0.15) is 4.21 Å². The van der Waals surface area contributed by atoms with Gasteiger partial charge in [-0.25, -0.2) is 8.42 Å². The number of halogens is 1. The maximum Gasteiger partial charge on any atom is 0.271 e. The second-order valence-electron chi connectivity index (χ2n) is 3.28. The predicted molar refractivity (Wildman–Crippen MR) is 73.7 cm³/mol. The minimum absolute atomic E-state index is 0.279. The number of hydrogen-bond donors (Lipinski definition) is 2. The number of benzene rings is 1. The maximum atomic E-state index is 11.9. The van der Waals surface area contributed by atoms with Gasteiger partial charge in [-0.15, -0.1) is 11.3 Å². The van der Waals surface area contributed by atoms with E-state index in [2.05, 4.69) is 20.7 Å². The molecule has 1 aromatic carbocycles. The normalized spacial score (nSPS) is 11.4. The summed E-state index contributed by atoms with van der Waals surface area (Å²) in [5.41, 5.74) is 6.61. The van der Waals surface area contributed by atoms with Crippen molar-refractivity contribution < 1.29 is 8.42 Å². The monoisotopic (exact) mass is 332 g/mol. The zero-order valence-corrected chi connectivity index (χ0v) is 11.8.